The topological polar surface area (TPSA) is 71.0 Å². The van der Waals surface area contributed by atoms with Crippen molar-refractivity contribution in [2.75, 3.05) is 19.0 Å². The molecule has 1 N–H and O–H groups in total. The van der Waals surface area contributed by atoms with Gasteiger partial charge in [0, 0.05) is 26.5 Å². The lowest BCUT2D eigenvalue weighted by Gasteiger charge is -2.19. The van der Waals surface area contributed by atoms with Crippen molar-refractivity contribution in [3.63, 3.8) is 0 Å². The van der Waals surface area contributed by atoms with Gasteiger partial charge in [-0.3, -0.25) is 9.78 Å². The number of nitrogens with zero attached hydrogens (tertiary/aromatic N) is 4. The average molecular weight is 325 g/mol. The second-order valence-electron chi connectivity index (χ2n) is 6.61. The monoisotopic (exact) mass is 325 g/mol. The number of nitrogens with one attached hydrogen (secondary N) is 1. The third-order valence-electron chi connectivity index (χ3n) is 4.25. The van der Waals surface area contributed by atoms with E-state index in [0.717, 1.165) is 24.1 Å². The van der Waals surface area contributed by atoms with Crippen LogP contribution < -0.4 is 10.2 Å². The first kappa shape index (κ1) is 16.4. The van der Waals surface area contributed by atoms with Crippen LogP contribution >= 0.6 is 0 Å². The molecule has 24 heavy (non-hydrogen) atoms. The van der Waals surface area contributed by atoms with Gasteiger partial charge in [-0.1, -0.05) is 0 Å². The summed E-state index contributed by atoms with van der Waals surface area (Å²) >= 11 is 0. The van der Waals surface area contributed by atoms with Gasteiger partial charge in [0.1, 0.15) is 0 Å². The van der Waals surface area contributed by atoms with E-state index >= 15 is 0 Å². The summed E-state index contributed by atoms with van der Waals surface area (Å²) in [6.45, 7) is 3.87. The zero-order valence-corrected chi connectivity index (χ0v) is 14.6. The lowest BCUT2D eigenvalue weighted by atomic mass is 10.1. The molecule has 1 saturated carbocycles. The molecule has 1 unspecified atom stereocenters. The summed E-state index contributed by atoms with van der Waals surface area (Å²) in [5, 5.41) is 3.13. The maximum absolute atomic E-state index is 12.7. The summed E-state index contributed by atoms with van der Waals surface area (Å²) in [5.74, 6) is 0.923. The smallest absolute Gasteiger partial charge is 0.255 e. The molecule has 0 radical (unpaired) electrons. The zero-order chi connectivity index (χ0) is 17.3. The van der Waals surface area contributed by atoms with Crippen LogP contribution in [0.3, 0.4) is 0 Å². The van der Waals surface area contributed by atoms with Crippen molar-refractivity contribution in [3.05, 3.63) is 47.0 Å². The number of rotatable bonds is 5. The molecular weight excluding hydrogens is 302 g/mol. The lowest BCUT2D eigenvalue weighted by Crippen LogP contribution is -2.31. The molecule has 1 amide bonds. The SMILES string of the molecule is Cc1ccnc(C(NC(=O)c2cnc(N(C)C)nc2C)C2CC2)c1. The summed E-state index contributed by atoms with van der Waals surface area (Å²) in [7, 11) is 3.75. The third kappa shape index (κ3) is 3.53. The lowest BCUT2D eigenvalue weighted by molar-refractivity contribution is 0.0929. The predicted molar refractivity (Wildman–Crippen MR) is 93.0 cm³/mol. The molecule has 2 aromatic rings. The Kier molecular flexibility index (Phi) is 4.46. The Morgan fingerprint density at radius 3 is 2.62 bits per heavy atom. The van der Waals surface area contributed by atoms with Gasteiger partial charge in [0.2, 0.25) is 5.95 Å². The molecule has 3 rings (SSSR count). The molecule has 2 heterocycles. The number of aromatic nitrogens is 3. The largest absolute Gasteiger partial charge is 0.347 e. The second kappa shape index (κ2) is 6.55. The normalized spacial score (nSPS) is 15.0. The molecule has 0 spiro atoms. The quantitative estimate of drug-likeness (QED) is 0.914. The fourth-order valence-electron chi connectivity index (χ4n) is 2.70. The maximum Gasteiger partial charge on any atom is 0.255 e. The van der Waals surface area contributed by atoms with Gasteiger partial charge in [-0.15, -0.1) is 0 Å². The molecule has 0 aliphatic heterocycles. The van der Waals surface area contributed by atoms with Crippen LogP contribution in [0.1, 0.15) is 46.2 Å². The molecular formula is C18H23N5O. The van der Waals surface area contributed by atoms with E-state index in [1.54, 1.807) is 12.4 Å². The first-order valence-corrected chi connectivity index (χ1v) is 8.20. The number of carbonyl (C=O) groups is 1. The van der Waals surface area contributed by atoms with Crippen molar-refractivity contribution in [2.45, 2.75) is 32.7 Å². The van der Waals surface area contributed by atoms with Crippen molar-refractivity contribution >= 4 is 11.9 Å². The number of pyridine rings is 1. The first-order valence-electron chi connectivity index (χ1n) is 8.20. The molecule has 0 aromatic carbocycles. The Hall–Kier alpha value is -2.50. The summed E-state index contributed by atoms with van der Waals surface area (Å²) in [6.07, 6.45) is 5.64. The van der Waals surface area contributed by atoms with Gasteiger partial charge in [-0.25, -0.2) is 9.97 Å². The maximum atomic E-state index is 12.7. The van der Waals surface area contributed by atoms with E-state index in [0.29, 0.717) is 23.1 Å². The van der Waals surface area contributed by atoms with Crippen molar-refractivity contribution in [1.82, 2.24) is 20.3 Å². The van der Waals surface area contributed by atoms with Gasteiger partial charge in [-0.05, 0) is 50.3 Å². The molecule has 6 nitrogen and oxygen atoms in total. The van der Waals surface area contributed by atoms with Gasteiger partial charge in [-0.2, -0.15) is 0 Å². The Balaban J connectivity index is 1.82. The van der Waals surface area contributed by atoms with E-state index in [2.05, 4.69) is 20.3 Å². The van der Waals surface area contributed by atoms with Crippen LogP contribution in [-0.2, 0) is 0 Å². The fourth-order valence-corrected chi connectivity index (χ4v) is 2.70. The number of anilines is 1. The van der Waals surface area contributed by atoms with Crippen LogP contribution in [0, 0.1) is 19.8 Å². The molecule has 1 atom stereocenters. The number of amides is 1. The minimum absolute atomic E-state index is 0.0506. The molecule has 0 saturated heterocycles. The minimum atomic E-state index is -0.141. The molecule has 2 aromatic heterocycles. The summed E-state index contributed by atoms with van der Waals surface area (Å²) in [5.41, 5.74) is 3.26. The number of aryl methyl sites for hydroxylation is 2. The highest BCUT2D eigenvalue weighted by atomic mass is 16.1. The highest BCUT2D eigenvalue weighted by Crippen LogP contribution is 2.40. The Morgan fingerprint density at radius 2 is 2.04 bits per heavy atom. The van der Waals surface area contributed by atoms with E-state index in [4.69, 9.17) is 0 Å². The van der Waals surface area contributed by atoms with Crippen molar-refractivity contribution in [3.8, 4) is 0 Å². The van der Waals surface area contributed by atoms with Gasteiger partial charge in [0.25, 0.3) is 5.91 Å². The second-order valence-corrected chi connectivity index (χ2v) is 6.61. The average Bonchev–Trinajstić information content (AvgIpc) is 3.36. The number of hydrogen-bond acceptors (Lipinski definition) is 5. The number of hydrogen-bond donors (Lipinski definition) is 1. The molecule has 6 heteroatoms. The number of carbonyl (C=O) groups excluding carboxylic acids is 1. The van der Waals surface area contributed by atoms with Crippen LogP contribution in [-0.4, -0.2) is 35.0 Å². The summed E-state index contributed by atoms with van der Waals surface area (Å²) in [4.78, 5) is 27.6. The molecule has 0 bridgehead atoms. The minimum Gasteiger partial charge on any atom is -0.347 e. The van der Waals surface area contributed by atoms with E-state index in [1.165, 1.54) is 0 Å². The van der Waals surface area contributed by atoms with Crippen LogP contribution in [0.5, 0.6) is 0 Å². The van der Waals surface area contributed by atoms with Gasteiger partial charge in [0.05, 0.1) is 23.0 Å². The standard InChI is InChI=1S/C18H23N5O/c1-11-7-8-19-15(9-11)16(13-5-6-13)22-17(24)14-10-20-18(23(3)4)21-12(14)2/h7-10,13,16H,5-6H2,1-4H3,(H,22,24). The Labute approximate surface area is 142 Å². The Morgan fingerprint density at radius 1 is 1.29 bits per heavy atom. The van der Waals surface area contributed by atoms with Crippen molar-refractivity contribution < 1.29 is 4.79 Å². The van der Waals surface area contributed by atoms with E-state index in [9.17, 15) is 4.79 Å². The highest BCUT2D eigenvalue weighted by Gasteiger charge is 2.34. The summed E-state index contributed by atoms with van der Waals surface area (Å²) in [6, 6.07) is 3.96. The molecule has 1 fully saturated rings. The predicted octanol–water partition coefficient (Wildman–Crippen LogP) is 2.44. The zero-order valence-electron chi connectivity index (χ0n) is 14.6. The van der Waals surface area contributed by atoms with Gasteiger partial charge >= 0.3 is 0 Å². The van der Waals surface area contributed by atoms with Gasteiger partial charge < -0.3 is 10.2 Å². The summed E-state index contributed by atoms with van der Waals surface area (Å²) < 4.78 is 0. The van der Waals surface area contributed by atoms with E-state index in [-0.39, 0.29) is 11.9 Å². The van der Waals surface area contributed by atoms with Gasteiger partial charge in [0.15, 0.2) is 0 Å². The van der Waals surface area contributed by atoms with E-state index in [1.807, 2.05) is 45.0 Å². The highest BCUT2D eigenvalue weighted by molar-refractivity contribution is 5.95. The first-order chi connectivity index (χ1) is 11.5. The van der Waals surface area contributed by atoms with Crippen LogP contribution in [0.4, 0.5) is 5.95 Å². The molecule has 1 aliphatic rings. The van der Waals surface area contributed by atoms with Crippen LogP contribution in [0.15, 0.2) is 24.5 Å². The Bertz CT molecular complexity index is 755. The van der Waals surface area contributed by atoms with Crippen LogP contribution in [0.2, 0.25) is 0 Å². The van der Waals surface area contributed by atoms with Crippen molar-refractivity contribution in [2.24, 2.45) is 5.92 Å². The third-order valence-corrected chi connectivity index (χ3v) is 4.25. The van der Waals surface area contributed by atoms with Crippen LogP contribution in [0.25, 0.3) is 0 Å². The molecule has 1 aliphatic carbocycles. The van der Waals surface area contributed by atoms with Crippen molar-refractivity contribution in [1.29, 1.82) is 0 Å². The molecule has 126 valence electrons. The van der Waals surface area contributed by atoms with E-state index < -0.39 is 0 Å². The fraction of sp³-hybridized carbons (Fsp3) is 0.444.